The molecule has 0 saturated heterocycles. The predicted octanol–water partition coefficient (Wildman–Crippen LogP) is 2.74. The maximum absolute atomic E-state index is 11.3. The van der Waals surface area contributed by atoms with Crippen molar-refractivity contribution in [2.24, 2.45) is 0 Å². The molecule has 25 heavy (non-hydrogen) atoms. The quantitative estimate of drug-likeness (QED) is 0.780. The normalized spacial score (nSPS) is 12.2. The summed E-state index contributed by atoms with van der Waals surface area (Å²) in [7, 11) is 3.00. The van der Waals surface area contributed by atoms with E-state index in [1.807, 2.05) is 24.3 Å². The zero-order valence-electron chi connectivity index (χ0n) is 14.5. The van der Waals surface area contributed by atoms with Crippen LogP contribution < -0.4 is 14.8 Å². The van der Waals surface area contributed by atoms with E-state index in [0.29, 0.717) is 30.9 Å². The number of aryl methyl sites for hydroxylation is 1. The number of hydrogen-bond donors (Lipinski definition) is 1. The molecule has 0 radical (unpaired) electrons. The maximum atomic E-state index is 11.3. The number of anilines is 1. The van der Waals surface area contributed by atoms with Crippen molar-refractivity contribution in [2.75, 3.05) is 26.1 Å². The molecule has 0 fully saturated rings. The number of fused-ring (bicyclic) bond motifs is 1. The van der Waals surface area contributed by atoms with E-state index in [9.17, 15) is 4.79 Å². The zero-order chi connectivity index (χ0) is 17.6. The Morgan fingerprint density at radius 3 is 2.88 bits per heavy atom. The lowest BCUT2D eigenvalue weighted by Crippen LogP contribution is -2.04. The molecule has 0 bridgehead atoms. The highest BCUT2D eigenvalue weighted by Gasteiger charge is 2.13. The average molecular weight is 342 g/mol. The minimum atomic E-state index is -0.229. The molecule has 3 rings (SSSR count). The van der Waals surface area contributed by atoms with Crippen molar-refractivity contribution in [1.82, 2.24) is 4.98 Å². The molecule has 0 atom stereocenters. The molecule has 132 valence electrons. The third kappa shape index (κ3) is 4.21. The summed E-state index contributed by atoms with van der Waals surface area (Å²) in [6.45, 7) is 1.29. The van der Waals surface area contributed by atoms with Crippen LogP contribution in [-0.2, 0) is 29.0 Å². The Balaban J connectivity index is 1.68. The summed E-state index contributed by atoms with van der Waals surface area (Å²) in [5.41, 5.74) is 3.09. The van der Waals surface area contributed by atoms with Gasteiger partial charge in [0.05, 0.1) is 19.9 Å². The van der Waals surface area contributed by atoms with Gasteiger partial charge in [-0.3, -0.25) is 4.79 Å². The highest BCUT2D eigenvalue weighted by molar-refractivity contribution is 5.69. The van der Waals surface area contributed by atoms with Gasteiger partial charge in [-0.2, -0.15) is 0 Å². The second kappa shape index (κ2) is 7.88. The van der Waals surface area contributed by atoms with Crippen LogP contribution in [0.3, 0.4) is 0 Å². The SMILES string of the molecule is COC(=O)CCc1ccc(OC)c(OCc2ccc3c(n2)NCC3)c1. The van der Waals surface area contributed by atoms with Crippen molar-refractivity contribution in [2.45, 2.75) is 25.9 Å². The first-order valence-corrected chi connectivity index (χ1v) is 8.29. The number of nitrogens with one attached hydrogen (secondary N) is 1. The number of ether oxygens (including phenoxy) is 3. The Labute approximate surface area is 147 Å². The van der Waals surface area contributed by atoms with Gasteiger partial charge in [-0.15, -0.1) is 0 Å². The number of hydrogen-bond acceptors (Lipinski definition) is 6. The molecule has 1 N–H and O–H groups in total. The first-order valence-electron chi connectivity index (χ1n) is 8.29. The topological polar surface area (TPSA) is 69.7 Å². The van der Waals surface area contributed by atoms with Crippen LogP contribution in [0.4, 0.5) is 5.82 Å². The molecule has 2 aromatic rings. The van der Waals surface area contributed by atoms with E-state index in [-0.39, 0.29) is 5.97 Å². The van der Waals surface area contributed by atoms with E-state index >= 15 is 0 Å². The van der Waals surface area contributed by atoms with Gasteiger partial charge in [0.1, 0.15) is 12.4 Å². The van der Waals surface area contributed by atoms with Gasteiger partial charge in [-0.25, -0.2) is 4.98 Å². The van der Waals surface area contributed by atoms with E-state index in [1.165, 1.54) is 12.7 Å². The molecule has 6 nitrogen and oxygen atoms in total. The standard InChI is InChI=1S/C19H22N2O4/c1-23-16-7-3-13(4-8-18(22)24-2)11-17(16)25-12-15-6-5-14-9-10-20-19(14)21-15/h3,5-7,11H,4,8-10,12H2,1-2H3,(H,20,21). The van der Waals surface area contributed by atoms with Crippen LogP contribution in [0, 0.1) is 0 Å². The zero-order valence-corrected chi connectivity index (χ0v) is 14.5. The minimum absolute atomic E-state index is 0.229. The fourth-order valence-electron chi connectivity index (χ4n) is 2.77. The van der Waals surface area contributed by atoms with E-state index < -0.39 is 0 Å². The number of methoxy groups -OCH3 is 2. The minimum Gasteiger partial charge on any atom is -0.493 e. The summed E-state index contributed by atoms with van der Waals surface area (Å²) in [6, 6.07) is 9.74. The van der Waals surface area contributed by atoms with Crippen LogP contribution in [0.2, 0.25) is 0 Å². The summed E-state index contributed by atoms with van der Waals surface area (Å²) in [4.78, 5) is 15.9. The highest BCUT2D eigenvalue weighted by Crippen LogP contribution is 2.29. The van der Waals surface area contributed by atoms with E-state index in [4.69, 9.17) is 9.47 Å². The molecular weight excluding hydrogens is 320 g/mol. The number of carbonyl (C=O) groups excluding carboxylic acids is 1. The lowest BCUT2D eigenvalue weighted by atomic mass is 10.1. The van der Waals surface area contributed by atoms with Crippen LogP contribution in [-0.4, -0.2) is 31.7 Å². The number of aromatic nitrogens is 1. The van der Waals surface area contributed by atoms with Gasteiger partial charge in [0.25, 0.3) is 0 Å². The molecule has 6 heteroatoms. The van der Waals surface area contributed by atoms with Crippen LogP contribution in [0.5, 0.6) is 11.5 Å². The second-order valence-corrected chi connectivity index (χ2v) is 5.84. The third-order valence-corrected chi connectivity index (χ3v) is 4.17. The number of pyridine rings is 1. The largest absolute Gasteiger partial charge is 0.493 e. The Hall–Kier alpha value is -2.76. The van der Waals surface area contributed by atoms with Crippen LogP contribution in [0.25, 0.3) is 0 Å². The number of benzene rings is 1. The summed E-state index contributed by atoms with van der Waals surface area (Å²) < 4.78 is 16.0. The first-order chi connectivity index (χ1) is 12.2. The van der Waals surface area contributed by atoms with Crippen LogP contribution in [0.1, 0.15) is 23.2 Å². The highest BCUT2D eigenvalue weighted by atomic mass is 16.5. The molecule has 1 aromatic carbocycles. The van der Waals surface area contributed by atoms with Crippen molar-refractivity contribution in [1.29, 1.82) is 0 Å². The van der Waals surface area contributed by atoms with Gasteiger partial charge in [0, 0.05) is 13.0 Å². The summed E-state index contributed by atoms with van der Waals surface area (Å²) in [5, 5.41) is 3.27. The number of rotatable bonds is 7. The Morgan fingerprint density at radius 2 is 2.08 bits per heavy atom. The van der Waals surface area contributed by atoms with Gasteiger partial charge in [-0.1, -0.05) is 12.1 Å². The Morgan fingerprint density at radius 1 is 1.20 bits per heavy atom. The predicted molar refractivity (Wildman–Crippen MR) is 94.1 cm³/mol. The fraction of sp³-hybridized carbons (Fsp3) is 0.368. The maximum Gasteiger partial charge on any atom is 0.305 e. The molecule has 2 heterocycles. The number of carbonyl (C=O) groups is 1. The monoisotopic (exact) mass is 342 g/mol. The van der Waals surface area contributed by atoms with Crippen molar-refractivity contribution < 1.29 is 19.0 Å². The van der Waals surface area contributed by atoms with E-state index in [1.54, 1.807) is 7.11 Å². The Bertz CT molecular complexity index is 761. The van der Waals surface area contributed by atoms with Crippen molar-refractivity contribution in [3.05, 3.63) is 47.2 Å². The van der Waals surface area contributed by atoms with Crippen molar-refractivity contribution >= 4 is 11.8 Å². The van der Waals surface area contributed by atoms with Crippen LogP contribution in [0.15, 0.2) is 30.3 Å². The molecule has 0 amide bonds. The lowest BCUT2D eigenvalue weighted by molar-refractivity contribution is -0.140. The van der Waals surface area contributed by atoms with E-state index in [2.05, 4.69) is 21.1 Å². The second-order valence-electron chi connectivity index (χ2n) is 5.84. The number of nitrogens with zero attached hydrogens (tertiary/aromatic N) is 1. The molecule has 0 saturated carbocycles. The third-order valence-electron chi connectivity index (χ3n) is 4.17. The summed E-state index contributed by atoms with van der Waals surface area (Å²) in [6.07, 6.45) is 1.94. The molecule has 1 aliphatic rings. The smallest absolute Gasteiger partial charge is 0.305 e. The Kier molecular flexibility index (Phi) is 5.38. The summed E-state index contributed by atoms with van der Waals surface area (Å²) in [5.74, 6) is 2.01. The molecule has 1 aliphatic heterocycles. The van der Waals surface area contributed by atoms with Gasteiger partial charge >= 0.3 is 5.97 Å². The molecule has 0 aliphatic carbocycles. The molecule has 0 spiro atoms. The average Bonchev–Trinajstić information content (AvgIpc) is 3.12. The lowest BCUT2D eigenvalue weighted by Gasteiger charge is -2.12. The number of esters is 1. The fourth-order valence-corrected chi connectivity index (χ4v) is 2.77. The van der Waals surface area contributed by atoms with Gasteiger partial charge in [-0.05, 0) is 42.2 Å². The summed E-state index contributed by atoms with van der Waals surface area (Å²) >= 11 is 0. The first kappa shape index (κ1) is 17.1. The van der Waals surface area contributed by atoms with Gasteiger partial charge < -0.3 is 19.5 Å². The molecular formula is C19H22N2O4. The molecule has 1 aromatic heterocycles. The van der Waals surface area contributed by atoms with E-state index in [0.717, 1.165) is 30.0 Å². The van der Waals surface area contributed by atoms with Crippen LogP contribution >= 0.6 is 0 Å². The van der Waals surface area contributed by atoms with Crippen molar-refractivity contribution in [3.8, 4) is 11.5 Å². The van der Waals surface area contributed by atoms with Crippen molar-refractivity contribution in [3.63, 3.8) is 0 Å². The van der Waals surface area contributed by atoms with Gasteiger partial charge in [0.15, 0.2) is 11.5 Å². The van der Waals surface area contributed by atoms with Gasteiger partial charge in [0.2, 0.25) is 0 Å². The molecule has 0 unspecified atom stereocenters.